The lowest BCUT2D eigenvalue weighted by molar-refractivity contribution is -0.144. The fourth-order valence-corrected chi connectivity index (χ4v) is 3.60. The van der Waals surface area contributed by atoms with Crippen molar-refractivity contribution in [3.63, 3.8) is 0 Å². The minimum atomic E-state index is -4.67. The summed E-state index contributed by atoms with van der Waals surface area (Å²) in [6.45, 7) is 0. The number of nitrogens with zero attached hydrogens (tertiary/aromatic N) is 4. The van der Waals surface area contributed by atoms with Gasteiger partial charge in [0.1, 0.15) is 0 Å². The van der Waals surface area contributed by atoms with E-state index in [9.17, 15) is 18.0 Å². The Morgan fingerprint density at radius 3 is 2.75 bits per heavy atom. The lowest BCUT2D eigenvalue weighted by Crippen LogP contribution is -2.16. The van der Waals surface area contributed by atoms with Gasteiger partial charge in [-0.1, -0.05) is 22.0 Å². The second-order valence-electron chi connectivity index (χ2n) is 6.33. The summed E-state index contributed by atoms with van der Waals surface area (Å²) in [4.78, 5) is 16.0. The highest BCUT2D eigenvalue weighted by Gasteiger charge is 2.35. The van der Waals surface area contributed by atoms with Crippen LogP contribution in [0, 0.1) is 0 Å². The Morgan fingerprint density at radius 2 is 2.04 bits per heavy atom. The van der Waals surface area contributed by atoms with E-state index in [0.29, 0.717) is 6.42 Å². The minimum absolute atomic E-state index is 0.174. The number of rotatable bonds is 3. The highest BCUT2D eigenvalue weighted by molar-refractivity contribution is 9.10. The van der Waals surface area contributed by atoms with Gasteiger partial charge in [-0.3, -0.25) is 15.2 Å². The summed E-state index contributed by atoms with van der Waals surface area (Å²) in [5, 5.41) is 11.9. The molecule has 0 fully saturated rings. The molecule has 1 amide bonds. The summed E-state index contributed by atoms with van der Waals surface area (Å²) in [6.07, 6.45) is -1.34. The number of fused-ring (bicyclic) bond motifs is 1. The Bertz CT molecular complexity index is 1040. The predicted octanol–water partition coefficient (Wildman–Crippen LogP) is 3.90. The third kappa shape index (κ3) is 3.53. The van der Waals surface area contributed by atoms with Gasteiger partial charge in [-0.15, -0.1) is 5.10 Å². The molecule has 0 saturated carbocycles. The van der Waals surface area contributed by atoms with E-state index in [0.717, 1.165) is 40.7 Å². The first-order valence-corrected chi connectivity index (χ1v) is 9.30. The van der Waals surface area contributed by atoms with Crippen molar-refractivity contribution in [2.45, 2.75) is 31.9 Å². The largest absolute Gasteiger partial charge is 0.451 e. The summed E-state index contributed by atoms with van der Waals surface area (Å²) in [7, 11) is 0. The van der Waals surface area contributed by atoms with E-state index in [-0.39, 0.29) is 5.69 Å². The van der Waals surface area contributed by atoms with Gasteiger partial charge in [-0.2, -0.15) is 23.3 Å². The number of hydrogen-bond acceptors (Lipinski definition) is 4. The van der Waals surface area contributed by atoms with Gasteiger partial charge in [-0.25, -0.2) is 4.68 Å². The first-order chi connectivity index (χ1) is 13.3. The van der Waals surface area contributed by atoms with Crippen molar-refractivity contribution < 1.29 is 18.0 Å². The molecular weight excluding hydrogens is 441 g/mol. The van der Waals surface area contributed by atoms with E-state index in [1.54, 1.807) is 9.78 Å². The van der Waals surface area contributed by atoms with Crippen molar-refractivity contribution in [1.82, 2.24) is 25.0 Å². The van der Waals surface area contributed by atoms with Crippen LogP contribution >= 0.6 is 15.9 Å². The van der Waals surface area contributed by atoms with Crippen LogP contribution in [0.5, 0.6) is 0 Å². The zero-order valence-electron chi connectivity index (χ0n) is 14.3. The number of anilines is 1. The van der Waals surface area contributed by atoms with Gasteiger partial charge < -0.3 is 0 Å². The number of nitrogens with one attached hydrogen (secondary N) is 2. The fourth-order valence-electron chi connectivity index (χ4n) is 3.21. The summed E-state index contributed by atoms with van der Waals surface area (Å²) in [6, 6.07) is 7.50. The molecule has 146 valence electrons. The van der Waals surface area contributed by atoms with E-state index in [2.05, 4.69) is 36.4 Å². The van der Waals surface area contributed by atoms with Crippen LogP contribution < -0.4 is 5.32 Å². The Labute approximate surface area is 165 Å². The lowest BCUT2D eigenvalue weighted by Gasteiger charge is -2.14. The quantitative estimate of drug-likeness (QED) is 0.627. The van der Waals surface area contributed by atoms with Crippen LogP contribution in [0.1, 0.15) is 40.4 Å². The molecule has 3 aromatic rings. The molecule has 11 heteroatoms. The predicted molar refractivity (Wildman–Crippen MR) is 97.2 cm³/mol. The van der Waals surface area contributed by atoms with Crippen LogP contribution in [-0.4, -0.2) is 30.9 Å². The number of carbonyl (C=O) groups is 1. The van der Waals surface area contributed by atoms with Crippen molar-refractivity contribution in [2.24, 2.45) is 0 Å². The third-order valence-electron chi connectivity index (χ3n) is 4.43. The van der Waals surface area contributed by atoms with Gasteiger partial charge in [0, 0.05) is 15.7 Å². The molecule has 1 aliphatic carbocycles. The molecule has 0 saturated heterocycles. The van der Waals surface area contributed by atoms with Gasteiger partial charge in [0.25, 0.3) is 5.91 Å². The molecule has 2 heterocycles. The number of benzene rings is 1. The van der Waals surface area contributed by atoms with Crippen LogP contribution in [0.15, 0.2) is 28.7 Å². The molecule has 0 spiro atoms. The number of alkyl halides is 3. The number of aromatic nitrogens is 5. The van der Waals surface area contributed by atoms with Gasteiger partial charge in [0.15, 0.2) is 5.69 Å². The van der Waals surface area contributed by atoms with Gasteiger partial charge >= 0.3 is 6.18 Å². The molecule has 4 rings (SSSR count). The van der Waals surface area contributed by atoms with Crippen LogP contribution in [0.2, 0.25) is 0 Å². The van der Waals surface area contributed by atoms with Crippen LogP contribution in [0.4, 0.5) is 19.1 Å². The highest BCUT2D eigenvalue weighted by Crippen LogP contribution is 2.29. The van der Waals surface area contributed by atoms with E-state index in [1.807, 2.05) is 24.3 Å². The van der Waals surface area contributed by atoms with Crippen molar-refractivity contribution >= 4 is 27.8 Å². The maximum Gasteiger partial charge on any atom is 0.451 e. The number of carbonyl (C=O) groups excluding carboxylic acids is 1. The first-order valence-electron chi connectivity index (χ1n) is 8.50. The molecule has 0 bridgehead atoms. The third-order valence-corrected chi connectivity index (χ3v) is 4.92. The Hall–Kier alpha value is -2.69. The summed E-state index contributed by atoms with van der Waals surface area (Å²) in [5.41, 5.74) is 2.70. The second kappa shape index (κ2) is 7.04. The number of halogens is 4. The lowest BCUT2D eigenvalue weighted by atomic mass is 9.95. The molecule has 0 radical (unpaired) electrons. The molecule has 2 aromatic heterocycles. The molecule has 0 aliphatic heterocycles. The fraction of sp³-hybridized carbons (Fsp3) is 0.294. The monoisotopic (exact) mass is 454 g/mol. The average Bonchev–Trinajstić information content (AvgIpc) is 3.26. The van der Waals surface area contributed by atoms with E-state index < -0.39 is 23.9 Å². The summed E-state index contributed by atoms with van der Waals surface area (Å²) < 4.78 is 40.5. The molecule has 7 nitrogen and oxygen atoms in total. The number of H-pyrrole nitrogens is 1. The zero-order chi connectivity index (χ0) is 19.9. The van der Waals surface area contributed by atoms with Gasteiger partial charge in [0.05, 0.1) is 5.69 Å². The SMILES string of the molecule is O=C(Nc1n[nH]c(C(F)(F)F)n1)c1nn(-c2cccc(Br)c2)c2c1CCCC2. The maximum atomic E-state index is 12.7. The van der Waals surface area contributed by atoms with E-state index in [4.69, 9.17) is 0 Å². The zero-order valence-corrected chi connectivity index (χ0v) is 15.9. The number of hydrogen-bond donors (Lipinski definition) is 2. The first kappa shape index (κ1) is 18.7. The number of aromatic amines is 1. The van der Waals surface area contributed by atoms with Gasteiger partial charge in [0.2, 0.25) is 11.8 Å². The highest BCUT2D eigenvalue weighted by atomic mass is 79.9. The van der Waals surface area contributed by atoms with Crippen molar-refractivity contribution in [2.75, 3.05) is 5.32 Å². The van der Waals surface area contributed by atoms with Crippen molar-refractivity contribution in [1.29, 1.82) is 0 Å². The van der Waals surface area contributed by atoms with Crippen molar-refractivity contribution in [3.05, 3.63) is 51.5 Å². The van der Waals surface area contributed by atoms with Crippen molar-refractivity contribution in [3.8, 4) is 5.69 Å². The molecule has 1 aromatic carbocycles. The molecule has 28 heavy (non-hydrogen) atoms. The topological polar surface area (TPSA) is 88.5 Å². The number of amides is 1. The van der Waals surface area contributed by atoms with Gasteiger partial charge in [-0.05, 0) is 43.9 Å². The average molecular weight is 455 g/mol. The second-order valence-corrected chi connectivity index (χ2v) is 7.25. The Kier molecular flexibility index (Phi) is 4.69. The standard InChI is InChI=1S/C17H14BrF3N6O/c18-9-4-3-5-10(8-9)27-12-7-2-1-6-11(12)13(26-27)14(28)22-16-23-15(24-25-16)17(19,20)21/h3-5,8H,1-2,6-7H2,(H2,22,23,24,25,28). The summed E-state index contributed by atoms with van der Waals surface area (Å²) >= 11 is 3.42. The maximum absolute atomic E-state index is 12.7. The Morgan fingerprint density at radius 1 is 1.25 bits per heavy atom. The Balaban J connectivity index is 1.68. The molecule has 0 atom stereocenters. The van der Waals surface area contributed by atoms with Crippen LogP contribution in [-0.2, 0) is 19.0 Å². The van der Waals surface area contributed by atoms with E-state index >= 15 is 0 Å². The molecule has 1 aliphatic rings. The minimum Gasteiger partial charge on any atom is -0.288 e. The summed E-state index contributed by atoms with van der Waals surface area (Å²) in [5.74, 6) is -2.36. The van der Waals surface area contributed by atoms with E-state index in [1.165, 1.54) is 0 Å². The van der Waals surface area contributed by atoms with Crippen LogP contribution in [0.25, 0.3) is 5.69 Å². The normalized spacial score (nSPS) is 14.0. The molecule has 2 N–H and O–H groups in total. The smallest absolute Gasteiger partial charge is 0.288 e. The molecular formula is C17H14BrF3N6O. The molecule has 0 unspecified atom stereocenters. The van der Waals surface area contributed by atoms with Crippen LogP contribution in [0.3, 0.4) is 0 Å².